The van der Waals surface area contributed by atoms with Gasteiger partial charge in [-0.2, -0.15) is 14.7 Å². The van der Waals surface area contributed by atoms with Crippen LogP contribution in [0.15, 0.2) is 55.0 Å². The van der Waals surface area contributed by atoms with E-state index in [9.17, 15) is 4.39 Å². The van der Waals surface area contributed by atoms with Gasteiger partial charge in [0.2, 0.25) is 0 Å². The SMILES string of the molecule is CCc1c(-c2ccc3nccn3c2)c(-c2ccc(F)cc2)nn1COCC[Si](C)(C)C.O=C=O. The normalized spacial score (nSPS) is 11.2. The van der Waals surface area contributed by atoms with Gasteiger partial charge in [0, 0.05) is 55.7 Å². The number of imidazole rings is 1. The van der Waals surface area contributed by atoms with E-state index in [0.717, 1.165) is 52.8 Å². The van der Waals surface area contributed by atoms with Gasteiger partial charge in [-0.15, -0.1) is 0 Å². The Balaban J connectivity index is 0.00000103. The fourth-order valence-corrected chi connectivity index (χ4v) is 4.43. The minimum Gasteiger partial charge on any atom is -0.360 e. The zero-order valence-electron chi connectivity index (χ0n) is 19.9. The lowest BCUT2D eigenvalue weighted by Gasteiger charge is -2.16. The van der Waals surface area contributed by atoms with Crippen LogP contribution in [0.25, 0.3) is 28.0 Å². The second-order valence-electron chi connectivity index (χ2n) is 9.07. The van der Waals surface area contributed by atoms with Crippen molar-refractivity contribution in [3.63, 3.8) is 0 Å². The summed E-state index contributed by atoms with van der Waals surface area (Å²) < 4.78 is 23.5. The lowest BCUT2D eigenvalue weighted by Crippen LogP contribution is -2.22. The molecule has 0 atom stereocenters. The van der Waals surface area contributed by atoms with Crippen molar-refractivity contribution in [1.29, 1.82) is 0 Å². The van der Waals surface area contributed by atoms with Gasteiger partial charge in [0.05, 0.1) is 0 Å². The second-order valence-corrected chi connectivity index (χ2v) is 14.7. The first-order valence-corrected chi connectivity index (χ1v) is 14.8. The standard InChI is InChI=1S/C24H29FN4OSi.CO2/c1-5-21-23(19-8-11-22-26-12-13-28(22)16-19)24(18-6-9-20(25)10-7-18)27-29(21)17-30-14-15-31(2,3)4;2-1-3/h6-13,16H,5,14-15,17H2,1-4H3;. The third kappa shape index (κ3) is 6.14. The van der Waals surface area contributed by atoms with Crippen molar-refractivity contribution in [2.24, 2.45) is 0 Å². The molecule has 0 aliphatic rings. The van der Waals surface area contributed by atoms with E-state index < -0.39 is 8.07 Å². The van der Waals surface area contributed by atoms with E-state index in [1.165, 1.54) is 12.1 Å². The number of rotatable bonds is 8. The topological polar surface area (TPSA) is 78.5 Å². The maximum Gasteiger partial charge on any atom is 0.373 e. The van der Waals surface area contributed by atoms with Crippen LogP contribution in [0.1, 0.15) is 12.6 Å². The maximum atomic E-state index is 13.6. The summed E-state index contributed by atoms with van der Waals surface area (Å²) >= 11 is 0. The van der Waals surface area contributed by atoms with E-state index in [-0.39, 0.29) is 12.0 Å². The van der Waals surface area contributed by atoms with Crippen LogP contribution in [0, 0.1) is 5.82 Å². The molecule has 4 rings (SSSR count). The molecule has 4 aromatic rings. The van der Waals surface area contributed by atoms with Gasteiger partial charge in [0.15, 0.2) is 0 Å². The van der Waals surface area contributed by atoms with Crippen molar-refractivity contribution < 1.29 is 18.7 Å². The van der Waals surface area contributed by atoms with Crippen molar-refractivity contribution in [2.45, 2.75) is 45.8 Å². The van der Waals surface area contributed by atoms with Gasteiger partial charge in [-0.1, -0.05) is 26.6 Å². The third-order valence-electron chi connectivity index (χ3n) is 5.40. The lowest BCUT2D eigenvalue weighted by atomic mass is 9.99. The maximum absolute atomic E-state index is 13.6. The van der Waals surface area contributed by atoms with Crippen LogP contribution >= 0.6 is 0 Å². The van der Waals surface area contributed by atoms with Crippen LogP contribution in [0.3, 0.4) is 0 Å². The van der Waals surface area contributed by atoms with Gasteiger partial charge in [-0.25, -0.2) is 14.1 Å². The van der Waals surface area contributed by atoms with E-state index in [0.29, 0.717) is 6.73 Å². The van der Waals surface area contributed by atoms with Gasteiger partial charge in [0.1, 0.15) is 23.9 Å². The number of halogens is 1. The van der Waals surface area contributed by atoms with E-state index in [2.05, 4.69) is 43.8 Å². The summed E-state index contributed by atoms with van der Waals surface area (Å²) in [4.78, 5) is 20.6. The second kappa shape index (κ2) is 11.2. The molecule has 0 bridgehead atoms. The number of hydrogen-bond acceptors (Lipinski definition) is 5. The van der Waals surface area contributed by atoms with Crippen molar-refractivity contribution in [2.75, 3.05) is 6.61 Å². The lowest BCUT2D eigenvalue weighted by molar-refractivity contribution is -0.191. The first-order valence-electron chi connectivity index (χ1n) is 11.1. The highest BCUT2D eigenvalue weighted by Gasteiger charge is 2.21. The van der Waals surface area contributed by atoms with Crippen molar-refractivity contribution in [3.8, 4) is 22.4 Å². The molecule has 1 aromatic carbocycles. The number of aromatic nitrogens is 4. The van der Waals surface area contributed by atoms with Gasteiger partial charge in [-0.3, -0.25) is 0 Å². The average Bonchev–Trinajstić information content (AvgIpc) is 3.41. The molecule has 0 N–H and O–H groups in total. The van der Waals surface area contributed by atoms with E-state index in [1.807, 2.05) is 21.3 Å². The number of nitrogens with zero attached hydrogens (tertiary/aromatic N) is 4. The molecule has 0 amide bonds. The quantitative estimate of drug-likeness (QED) is 0.253. The number of fused-ring (bicyclic) bond motifs is 1. The molecule has 0 fully saturated rings. The number of benzene rings is 1. The zero-order chi connectivity index (χ0) is 24.7. The average molecular weight is 481 g/mol. The first kappa shape index (κ1) is 25.2. The largest absolute Gasteiger partial charge is 0.373 e. The summed E-state index contributed by atoms with van der Waals surface area (Å²) in [5.74, 6) is -0.255. The molecule has 34 heavy (non-hydrogen) atoms. The monoisotopic (exact) mass is 480 g/mol. The minimum absolute atomic E-state index is 0.250. The van der Waals surface area contributed by atoms with Gasteiger partial charge < -0.3 is 9.14 Å². The van der Waals surface area contributed by atoms with E-state index in [1.54, 1.807) is 18.3 Å². The Morgan fingerprint density at radius 3 is 2.38 bits per heavy atom. The highest BCUT2D eigenvalue weighted by atomic mass is 28.3. The Morgan fingerprint density at radius 2 is 1.74 bits per heavy atom. The van der Waals surface area contributed by atoms with Gasteiger partial charge in [0.25, 0.3) is 0 Å². The van der Waals surface area contributed by atoms with Crippen LogP contribution in [-0.2, 0) is 27.5 Å². The fraction of sp³-hybridized carbons (Fsp3) is 0.320. The third-order valence-corrected chi connectivity index (χ3v) is 7.10. The highest BCUT2D eigenvalue weighted by molar-refractivity contribution is 6.76. The summed E-state index contributed by atoms with van der Waals surface area (Å²) in [5, 5.41) is 4.91. The smallest absolute Gasteiger partial charge is 0.360 e. The Morgan fingerprint density at radius 1 is 1.06 bits per heavy atom. The summed E-state index contributed by atoms with van der Waals surface area (Å²) in [6.07, 6.45) is 6.85. The molecule has 0 unspecified atom stereocenters. The Labute approximate surface area is 199 Å². The number of hydrogen-bond donors (Lipinski definition) is 0. The van der Waals surface area contributed by atoms with E-state index >= 15 is 0 Å². The molecule has 0 spiro atoms. The molecule has 0 aliphatic heterocycles. The fourth-order valence-electron chi connectivity index (χ4n) is 3.67. The van der Waals surface area contributed by atoms with Crippen molar-refractivity contribution in [1.82, 2.24) is 19.2 Å². The highest BCUT2D eigenvalue weighted by Crippen LogP contribution is 2.35. The predicted octanol–water partition coefficient (Wildman–Crippen LogP) is 5.30. The van der Waals surface area contributed by atoms with Crippen LogP contribution < -0.4 is 0 Å². The predicted molar refractivity (Wildman–Crippen MR) is 130 cm³/mol. The van der Waals surface area contributed by atoms with Crippen molar-refractivity contribution >= 4 is 19.9 Å². The zero-order valence-corrected chi connectivity index (χ0v) is 20.9. The van der Waals surface area contributed by atoms with Crippen LogP contribution in [0.4, 0.5) is 4.39 Å². The van der Waals surface area contributed by atoms with Crippen LogP contribution in [0.2, 0.25) is 25.7 Å². The molecule has 0 radical (unpaired) electrons. The Bertz CT molecular complexity index is 1270. The summed E-state index contributed by atoms with van der Waals surface area (Å²) in [7, 11) is -1.15. The Hall–Kier alpha value is -3.39. The molecule has 0 saturated heterocycles. The molecule has 178 valence electrons. The van der Waals surface area contributed by atoms with Crippen LogP contribution in [0.5, 0.6) is 0 Å². The number of ether oxygens (including phenoxy) is 1. The molecular weight excluding hydrogens is 451 g/mol. The minimum atomic E-state index is -1.15. The van der Waals surface area contributed by atoms with Crippen LogP contribution in [-0.4, -0.2) is 40.0 Å². The van der Waals surface area contributed by atoms with Crippen molar-refractivity contribution in [3.05, 3.63) is 66.5 Å². The number of carbonyl (C=O) groups excluding carboxylic acids is 2. The Kier molecular flexibility index (Phi) is 8.28. The van der Waals surface area contributed by atoms with Gasteiger partial charge >= 0.3 is 6.15 Å². The summed E-state index contributed by atoms with van der Waals surface area (Å²) in [5.41, 5.74) is 5.83. The number of pyridine rings is 1. The molecular formula is C25H29FN4O3Si. The molecule has 7 nitrogen and oxygen atoms in total. The molecule has 3 aromatic heterocycles. The molecule has 0 aliphatic carbocycles. The summed E-state index contributed by atoms with van der Waals surface area (Å²) in [6.45, 7) is 10.3. The first-order chi connectivity index (χ1) is 16.3. The molecule has 0 saturated carbocycles. The summed E-state index contributed by atoms with van der Waals surface area (Å²) in [6, 6.07) is 11.7. The molecule has 9 heteroatoms. The van der Waals surface area contributed by atoms with E-state index in [4.69, 9.17) is 19.4 Å². The molecule has 3 heterocycles. The van der Waals surface area contributed by atoms with Gasteiger partial charge in [-0.05, 0) is 48.9 Å².